The number of urea groups is 1. The van der Waals surface area contributed by atoms with Gasteiger partial charge in [-0.15, -0.1) is 0 Å². The lowest BCUT2D eigenvalue weighted by Gasteiger charge is -2.29. The monoisotopic (exact) mass is 434 g/mol. The number of hydrogen-bond acceptors (Lipinski definition) is 4. The van der Waals surface area contributed by atoms with Crippen molar-refractivity contribution >= 4 is 11.9 Å². The molecule has 1 saturated heterocycles. The quantitative estimate of drug-likeness (QED) is 0.634. The molecule has 2 N–H and O–H groups in total. The lowest BCUT2D eigenvalue weighted by molar-refractivity contribution is -0.123. The first-order valence-corrected chi connectivity index (χ1v) is 11.1. The Morgan fingerprint density at radius 1 is 0.906 bits per heavy atom. The van der Waals surface area contributed by atoms with Gasteiger partial charge in [0.15, 0.2) is 0 Å². The molecule has 3 amide bonds. The van der Waals surface area contributed by atoms with E-state index in [4.69, 9.17) is 4.74 Å². The zero-order chi connectivity index (χ0) is 22.6. The highest BCUT2D eigenvalue weighted by atomic mass is 16.5. The molecule has 0 unspecified atom stereocenters. The van der Waals surface area contributed by atoms with Crippen LogP contribution in [0.25, 0.3) is 0 Å². The number of benzene rings is 2. The van der Waals surface area contributed by atoms with Gasteiger partial charge in [0.1, 0.15) is 12.1 Å². The molecule has 0 radical (unpaired) electrons. The van der Waals surface area contributed by atoms with E-state index in [0.717, 1.165) is 11.1 Å². The Morgan fingerprint density at radius 3 is 2.03 bits per heavy atom. The molecular weight excluding hydrogens is 404 g/mol. The summed E-state index contributed by atoms with van der Waals surface area (Å²) in [7, 11) is 0. The molecule has 1 fully saturated rings. The van der Waals surface area contributed by atoms with Gasteiger partial charge in [0.2, 0.25) is 5.91 Å². The molecular formula is C25H30N4O3. The summed E-state index contributed by atoms with van der Waals surface area (Å²) >= 11 is 0. The van der Waals surface area contributed by atoms with Crippen molar-refractivity contribution in [2.45, 2.75) is 37.8 Å². The summed E-state index contributed by atoms with van der Waals surface area (Å²) in [5.74, 6) is -0.331. The maximum Gasteiger partial charge on any atom is 0.318 e. The number of amides is 3. The zero-order valence-electron chi connectivity index (χ0n) is 18.2. The number of nitrogens with zero attached hydrogens (tertiary/aromatic N) is 2. The molecule has 2 aromatic rings. The maximum absolute atomic E-state index is 13.0. The van der Waals surface area contributed by atoms with Gasteiger partial charge in [-0.25, -0.2) is 4.79 Å². The number of rotatable bonds is 9. The summed E-state index contributed by atoms with van der Waals surface area (Å²) in [5.41, 5.74) is 2.20. The number of nitrogens with one attached hydrogen (secondary N) is 2. The van der Waals surface area contributed by atoms with Crippen LogP contribution in [0.1, 0.15) is 24.0 Å². The van der Waals surface area contributed by atoms with Crippen molar-refractivity contribution in [3.63, 3.8) is 0 Å². The molecule has 168 valence electrons. The van der Waals surface area contributed by atoms with Crippen molar-refractivity contribution in [3.05, 3.63) is 71.8 Å². The molecule has 7 nitrogen and oxygen atoms in total. The topological polar surface area (TPSA) is 94.5 Å². The molecule has 1 aliphatic heterocycles. The van der Waals surface area contributed by atoms with Gasteiger partial charge < -0.3 is 20.3 Å². The summed E-state index contributed by atoms with van der Waals surface area (Å²) in [6.45, 7) is 1.97. The van der Waals surface area contributed by atoms with Crippen LogP contribution >= 0.6 is 0 Å². The van der Waals surface area contributed by atoms with E-state index in [1.807, 2.05) is 60.7 Å². The lowest BCUT2D eigenvalue weighted by Crippen LogP contribution is -2.54. The third-order valence-electron chi connectivity index (χ3n) is 5.51. The van der Waals surface area contributed by atoms with Crippen LogP contribution in [0.3, 0.4) is 0 Å². The molecule has 7 heteroatoms. The number of aryl methyl sites for hydroxylation is 2. The number of hydrogen-bond donors (Lipinski definition) is 2. The van der Waals surface area contributed by atoms with E-state index in [-0.39, 0.29) is 11.9 Å². The first-order valence-electron chi connectivity index (χ1n) is 11.1. The first-order chi connectivity index (χ1) is 15.7. The second-order valence-corrected chi connectivity index (χ2v) is 7.84. The van der Waals surface area contributed by atoms with Gasteiger partial charge in [0.05, 0.1) is 19.3 Å². The van der Waals surface area contributed by atoms with Gasteiger partial charge in [-0.2, -0.15) is 5.26 Å². The number of carbonyl (C=O) groups excluding carboxylic acids is 2. The molecule has 2 aromatic carbocycles. The highest BCUT2D eigenvalue weighted by Crippen LogP contribution is 2.09. The predicted octanol–water partition coefficient (Wildman–Crippen LogP) is 2.67. The molecule has 32 heavy (non-hydrogen) atoms. The lowest BCUT2D eigenvalue weighted by atomic mass is 10.0. The fraction of sp³-hybridized carbons (Fsp3) is 0.400. The van der Waals surface area contributed by atoms with E-state index in [9.17, 15) is 14.9 Å². The fourth-order valence-electron chi connectivity index (χ4n) is 3.63. The predicted molar refractivity (Wildman–Crippen MR) is 122 cm³/mol. The third-order valence-corrected chi connectivity index (χ3v) is 5.51. The van der Waals surface area contributed by atoms with E-state index >= 15 is 0 Å². The standard InChI is InChI=1S/C25H30N4O3/c26-19-22(13-11-20-7-3-1-4-8-20)27-24(30)23(14-12-21-9-5-2-6-10-21)28-25(31)29-15-17-32-18-16-29/h1-10,22-23H,11-18H2,(H,27,30)(H,28,31)/t22-,23-/m0/s1. The van der Waals surface area contributed by atoms with Crippen molar-refractivity contribution < 1.29 is 14.3 Å². The second-order valence-electron chi connectivity index (χ2n) is 7.84. The van der Waals surface area contributed by atoms with Gasteiger partial charge in [0, 0.05) is 13.1 Å². The SMILES string of the molecule is N#C[C@H](CCc1ccccc1)NC(=O)[C@H](CCc1ccccc1)NC(=O)N1CCOCC1. The minimum atomic E-state index is -0.724. The highest BCUT2D eigenvalue weighted by Gasteiger charge is 2.26. The summed E-state index contributed by atoms with van der Waals surface area (Å²) in [4.78, 5) is 27.4. The summed E-state index contributed by atoms with van der Waals surface area (Å²) < 4.78 is 5.30. The minimum absolute atomic E-state index is 0.278. The Morgan fingerprint density at radius 2 is 1.47 bits per heavy atom. The van der Waals surface area contributed by atoms with E-state index in [1.165, 1.54) is 0 Å². The molecule has 1 aliphatic rings. The van der Waals surface area contributed by atoms with Crippen LogP contribution in [-0.2, 0) is 22.4 Å². The first kappa shape index (κ1) is 23.3. The van der Waals surface area contributed by atoms with E-state index < -0.39 is 12.1 Å². The van der Waals surface area contributed by atoms with Crippen molar-refractivity contribution in [1.29, 1.82) is 5.26 Å². The van der Waals surface area contributed by atoms with Crippen LogP contribution in [0.15, 0.2) is 60.7 Å². The van der Waals surface area contributed by atoms with Gasteiger partial charge in [-0.3, -0.25) is 4.79 Å². The van der Waals surface area contributed by atoms with Gasteiger partial charge in [-0.05, 0) is 36.8 Å². The van der Waals surface area contributed by atoms with Crippen molar-refractivity contribution in [3.8, 4) is 6.07 Å². The van der Waals surface area contributed by atoms with Crippen LogP contribution in [-0.4, -0.2) is 55.2 Å². The van der Waals surface area contributed by atoms with Gasteiger partial charge >= 0.3 is 6.03 Å². The third kappa shape index (κ3) is 7.40. The molecule has 0 aliphatic carbocycles. The van der Waals surface area contributed by atoms with Crippen LogP contribution in [0.2, 0.25) is 0 Å². The van der Waals surface area contributed by atoms with Crippen LogP contribution in [0, 0.1) is 11.3 Å². The Labute approximate surface area is 189 Å². The number of ether oxygens (including phenoxy) is 1. The Hall–Kier alpha value is -3.37. The normalized spacial score (nSPS) is 15.3. The van der Waals surface area contributed by atoms with E-state index in [2.05, 4.69) is 16.7 Å². The zero-order valence-corrected chi connectivity index (χ0v) is 18.2. The minimum Gasteiger partial charge on any atom is -0.378 e. The fourth-order valence-corrected chi connectivity index (χ4v) is 3.63. The molecule has 0 aromatic heterocycles. The smallest absolute Gasteiger partial charge is 0.318 e. The Kier molecular flexibility index (Phi) is 9.08. The van der Waals surface area contributed by atoms with E-state index in [1.54, 1.807) is 4.90 Å². The molecule has 0 saturated carbocycles. The summed E-state index contributed by atoms with van der Waals surface area (Å²) in [6, 6.07) is 20.2. The van der Waals surface area contributed by atoms with Gasteiger partial charge in [0.25, 0.3) is 0 Å². The van der Waals surface area contributed by atoms with Crippen LogP contribution in [0.4, 0.5) is 4.79 Å². The highest BCUT2D eigenvalue weighted by molar-refractivity contribution is 5.87. The molecule has 1 heterocycles. The Bertz CT molecular complexity index is 892. The van der Waals surface area contributed by atoms with Crippen molar-refractivity contribution in [2.75, 3.05) is 26.3 Å². The summed E-state index contributed by atoms with van der Waals surface area (Å²) in [5, 5.41) is 15.2. The average Bonchev–Trinajstić information content (AvgIpc) is 2.85. The van der Waals surface area contributed by atoms with Crippen molar-refractivity contribution in [1.82, 2.24) is 15.5 Å². The van der Waals surface area contributed by atoms with Crippen LogP contribution < -0.4 is 10.6 Å². The average molecular weight is 435 g/mol. The van der Waals surface area contributed by atoms with E-state index in [0.29, 0.717) is 52.0 Å². The number of nitriles is 1. The molecule has 0 bridgehead atoms. The van der Waals surface area contributed by atoms with Crippen molar-refractivity contribution in [2.24, 2.45) is 0 Å². The summed E-state index contributed by atoms with van der Waals surface area (Å²) in [6.07, 6.45) is 2.29. The number of morpholine rings is 1. The largest absolute Gasteiger partial charge is 0.378 e. The van der Waals surface area contributed by atoms with Gasteiger partial charge in [-0.1, -0.05) is 60.7 Å². The second kappa shape index (κ2) is 12.5. The maximum atomic E-state index is 13.0. The van der Waals surface area contributed by atoms with Crippen LogP contribution in [0.5, 0.6) is 0 Å². The number of carbonyl (C=O) groups is 2. The molecule has 0 spiro atoms. The Balaban J connectivity index is 1.60. The molecule has 2 atom stereocenters. The molecule has 3 rings (SSSR count).